The van der Waals surface area contributed by atoms with Crippen LogP contribution in [0.15, 0.2) is 12.5 Å². The zero-order valence-corrected chi connectivity index (χ0v) is 9.35. The van der Waals surface area contributed by atoms with Gasteiger partial charge in [0.25, 0.3) is 0 Å². The summed E-state index contributed by atoms with van der Waals surface area (Å²) in [4.78, 5) is 4.11. The lowest BCUT2D eigenvalue weighted by Crippen LogP contribution is -2.30. The van der Waals surface area contributed by atoms with Gasteiger partial charge in [0.2, 0.25) is 0 Å². The summed E-state index contributed by atoms with van der Waals surface area (Å²) < 4.78 is 2.03. The van der Waals surface area contributed by atoms with Gasteiger partial charge in [0.05, 0.1) is 18.2 Å². The Balaban J connectivity index is 2.16. The third-order valence-electron chi connectivity index (χ3n) is 3.03. The number of aliphatic hydroxyl groups is 1. The molecule has 1 fully saturated rings. The molecule has 1 saturated heterocycles. The quantitative estimate of drug-likeness (QED) is 0.787. The van der Waals surface area contributed by atoms with E-state index in [2.05, 4.69) is 24.1 Å². The summed E-state index contributed by atoms with van der Waals surface area (Å²) in [5.74, 6) is 0. The van der Waals surface area contributed by atoms with Crippen LogP contribution >= 0.6 is 0 Å². The van der Waals surface area contributed by atoms with Gasteiger partial charge in [0, 0.05) is 12.1 Å². The second-order valence-electron chi connectivity index (χ2n) is 4.47. The molecule has 2 rings (SSSR count). The minimum atomic E-state index is -0.433. The summed E-state index contributed by atoms with van der Waals surface area (Å²) in [7, 11) is 0. The van der Waals surface area contributed by atoms with Crippen molar-refractivity contribution in [2.45, 2.75) is 44.9 Å². The number of hydrogen-bond donors (Lipinski definition) is 2. The number of nitrogens with zero attached hydrogens (tertiary/aromatic N) is 2. The van der Waals surface area contributed by atoms with Gasteiger partial charge in [-0.2, -0.15) is 0 Å². The van der Waals surface area contributed by atoms with Gasteiger partial charge in [0.15, 0.2) is 0 Å². The minimum Gasteiger partial charge on any atom is -0.385 e. The SMILES string of the molecule is CC(C)n1cncc1C(O)C1CCCN1. The van der Waals surface area contributed by atoms with Crippen molar-refractivity contribution in [3.05, 3.63) is 18.2 Å². The van der Waals surface area contributed by atoms with E-state index in [1.165, 1.54) is 0 Å². The molecule has 1 aliphatic heterocycles. The van der Waals surface area contributed by atoms with E-state index in [0.29, 0.717) is 6.04 Å². The van der Waals surface area contributed by atoms with Crippen LogP contribution < -0.4 is 5.32 Å². The molecule has 4 nitrogen and oxygen atoms in total. The highest BCUT2D eigenvalue weighted by molar-refractivity contribution is 5.07. The van der Waals surface area contributed by atoms with Crippen LogP contribution in [0.4, 0.5) is 0 Å². The van der Waals surface area contributed by atoms with Crippen molar-refractivity contribution < 1.29 is 5.11 Å². The van der Waals surface area contributed by atoms with Crippen molar-refractivity contribution in [1.29, 1.82) is 0 Å². The number of hydrogen-bond acceptors (Lipinski definition) is 3. The van der Waals surface area contributed by atoms with Crippen LogP contribution in [0.5, 0.6) is 0 Å². The molecule has 15 heavy (non-hydrogen) atoms. The fraction of sp³-hybridized carbons (Fsp3) is 0.727. The number of imidazole rings is 1. The molecule has 1 aromatic heterocycles. The highest BCUT2D eigenvalue weighted by Crippen LogP contribution is 2.24. The first kappa shape index (κ1) is 10.6. The Morgan fingerprint density at radius 2 is 2.40 bits per heavy atom. The average molecular weight is 209 g/mol. The van der Waals surface area contributed by atoms with Crippen molar-refractivity contribution in [1.82, 2.24) is 14.9 Å². The number of aliphatic hydroxyl groups excluding tert-OH is 1. The van der Waals surface area contributed by atoms with Crippen molar-refractivity contribution in [3.8, 4) is 0 Å². The molecular weight excluding hydrogens is 190 g/mol. The van der Waals surface area contributed by atoms with Crippen LogP contribution in [0.1, 0.15) is 44.5 Å². The van der Waals surface area contributed by atoms with Gasteiger partial charge in [-0.25, -0.2) is 4.98 Å². The summed E-state index contributed by atoms with van der Waals surface area (Å²) in [6.07, 6.45) is 5.32. The number of aromatic nitrogens is 2. The van der Waals surface area contributed by atoms with E-state index in [4.69, 9.17) is 0 Å². The van der Waals surface area contributed by atoms with Gasteiger partial charge in [-0.3, -0.25) is 0 Å². The second kappa shape index (κ2) is 4.33. The maximum Gasteiger partial charge on any atom is 0.111 e. The summed E-state index contributed by atoms with van der Waals surface area (Å²) >= 11 is 0. The zero-order chi connectivity index (χ0) is 10.8. The van der Waals surface area contributed by atoms with E-state index in [-0.39, 0.29) is 6.04 Å². The molecule has 0 aliphatic carbocycles. The Morgan fingerprint density at radius 1 is 1.60 bits per heavy atom. The van der Waals surface area contributed by atoms with Crippen molar-refractivity contribution in [2.75, 3.05) is 6.54 Å². The van der Waals surface area contributed by atoms with Gasteiger partial charge >= 0.3 is 0 Å². The van der Waals surface area contributed by atoms with E-state index < -0.39 is 6.10 Å². The average Bonchev–Trinajstić information content (AvgIpc) is 2.88. The minimum absolute atomic E-state index is 0.194. The topological polar surface area (TPSA) is 50.1 Å². The lowest BCUT2D eigenvalue weighted by Gasteiger charge is -2.21. The van der Waals surface area contributed by atoms with Crippen LogP contribution in [0.25, 0.3) is 0 Å². The molecule has 2 N–H and O–H groups in total. The van der Waals surface area contributed by atoms with Crippen LogP contribution in [-0.4, -0.2) is 27.2 Å². The van der Waals surface area contributed by atoms with E-state index in [9.17, 15) is 5.11 Å². The fourth-order valence-electron chi connectivity index (χ4n) is 2.16. The Bertz CT molecular complexity index is 315. The molecule has 1 aromatic rings. The van der Waals surface area contributed by atoms with Crippen LogP contribution in [-0.2, 0) is 0 Å². The predicted octanol–water partition coefficient (Wildman–Crippen LogP) is 1.25. The fourth-order valence-corrected chi connectivity index (χ4v) is 2.16. The standard InChI is InChI=1S/C11H19N3O/c1-8(2)14-7-12-6-10(14)11(15)9-4-3-5-13-9/h6-9,11,13,15H,3-5H2,1-2H3. The normalized spacial score (nSPS) is 23.6. The predicted molar refractivity (Wildman–Crippen MR) is 58.6 cm³/mol. The summed E-state index contributed by atoms with van der Waals surface area (Å²) in [5.41, 5.74) is 0.921. The zero-order valence-electron chi connectivity index (χ0n) is 9.35. The van der Waals surface area contributed by atoms with Crippen LogP contribution in [0.3, 0.4) is 0 Å². The third kappa shape index (κ3) is 2.06. The van der Waals surface area contributed by atoms with Gasteiger partial charge < -0.3 is 15.0 Å². The summed E-state index contributed by atoms with van der Waals surface area (Å²) in [6.45, 7) is 5.21. The third-order valence-corrected chi connectivity index (χ3v) is 3.03. The largest absolute Gasteiger partial charge is 0.385 e. The Morgan fingerprint density at radius 3 is 3.00 bits per heavy atom. The van der Waals surface area contributed by atoms with Crippen LogP contribution in [0.2, 0.25) is 0 Å². The second-order valence-corrected chi connectivity index (χ2v) is 4.47. The maximum atomic E-state index is 10.2. The molecule has 4 heteroatoms. The van der Waals surface area contributed by atoms with Gasteiger partial charge in [-0.1, -0.05) is 0 Å². The van der Waals surface area contributed by atoms with E-state index in [0.717, 1.165) is 25.1 Å². The highest BCUT2D eigenvalue weighted by atomic mass is 16.3. The molecule has 84 valence electrons. The molecule has 2 unspecified atom stereocenters. The van der Waals surface area contributed by atoms with Crippen molar-refractivity contribution in [2.24, 2.45) is 0 Å². The van der Waals surface area contributed by atoms with Gasteiger partial charge in [-0.15, -0.1) is 0 Å². The van der Waals surface area contributed by atoms with Crippen molar-refractivity contribution >= 4 is 0 Å². The van der Waals surface area contributed by atoms with E-state index in [1.54, 1.807) is 12.5 Å². The highest BCUT2D eigenvalue weighted by Gasteiger charge is 2.26. The Hall–Kier alpha value is -0.870. The molecule has 0 amide bonds. The molecule has 0 radical (unpaired) electrons. The van der Waals surface area contributed by atoms with Crippen molar-refractivity contribution in [3.63, 3.8) is 0 Å². The first-order valence-electron chi connectivity index (χ1n) is 5.63. The lowest BCUT2D eigenvalue weighted by molar-refractivity contribution is 0.127. The number of rotatable bonds is 3. The van der Waals surface area contributed by atoms with Crippen LogP contribution in [0, 0.1) is 0 Å². The molecule has 0 saturated carbocycles. The Labute approximate surface area is 90.3 Å². The molecule has 0 aromatic carbocycles. The van der Waals surface area contributed by atoms with Gasteiger partial charge in [0.1, 0.15) is 6.10 Å². The maximum absolute atomic E-state index is 10.2. The lowest BCUT2D eigenvalue weighted by atomic mass is 10.1. The Kier molecular flexibility index (Phi) is 3.07. The van der Waals surface area contributed by atoms with E-state index >= 15 is 0 Å². The van der Waals surface area contributed by atoms with Gasteiger partial charge in [-0.05, 0) is 33.2 Å². The monoisotopic (exact) mass is 209 g/mol. The molecule has 0 bridgehead atoms. The summed E-state index contributed by atoms with van der Waals surface area (Å²) in [5, 5.41) is 13.5. The van der Waals surface area contributed by atoms with E-state index in [1.807, 2.05) is 4.57 Å². The molecule has 1 aliphatic rings. The first-order valence-corrected chi connectivity index (χ1v) is 5.63. The number of nitrogens with one attached hydrogen (secondary N) is 1. The molecule has 2 heterocycles. The first-order chi connectivity index (χ1) is 7.20. The molecule has 2 atom stereocenters. The molecular formula is C11H19N3O. The molecule has 0 spiro atoms. The smallest absolute Gasteiger partial charge is 0.111 e. The summed E-state index contributed by atoms with van der Waals surface area (Å²) in [6, 6.07) is 0.540.